The number of nitro groups is 1. The summed E-state index contributed by atoms with van der Waals surface area (Å²) in [6, 6.07) is 20.5. The van der Waals surface area contributed by atoms with Gasteiger partial charge in [0.25, 0.3) is 5.69 Å². The Kier molecular flexibility index (Phi) is 6.82. The van der Waals surface area contributed by atoms with Gasteiger partial charge in [-0.1, -0.05) is 36.0 Å². The van der Waals surface area contributed by atoms with Crippen molar-refractivity contribution in [2.45, 2.75) is 23.3 Å². The van der Waals surface area contributed by atoms with Crippen LogP contribution in [0.2, 0.25) is 0 Å². The number of nitrogens with zero attached hydrogens (tertiary/aromatic N) is 1. The van der Waals surface area contributed by atoms with Crippen LogP contribution in [-0.4, -0.2) is 16.8 Å². The molecule has 7 nitrogen and oxygen atoms in total. The molecule has 1 amide bonds. The lowest BCUT2D eigenvalue weighted by Crippen LogP contribution is -2.12. The molecule has 0 unspecified atom stereocenters. The summed E-state index contributed by atoms with van der Waals surface area (Å²) in [5.41, 5.74) is 1.56. The van der Waals surface area contributed by atoms with Gasteiger partial charge in [-0.2, -0.15) is 0 Å². The molecule has 0 aliphatic heterocycles. The SMILES string of the molecule is CC(=O)Nc1ccccc1C(=O)OCc1ccc(Sc2ccc([N+](=O)[O-])cc2)cc1. The lowest BCUT2D eigenvalue weighted by Gasteiger charge is -2.10. The first kappa shape index (κ1) is 21.1. The molecule has 3 aromatic carbocycles. The van der Waals surface area contributed by atoms with Crippen molar-refractivity contribution >= 4 is 35.0 Å². The monoisotopic (exact) mass is 422 g/mol. The maximum atomic E-state index is 12.4. The number of nitro benzene ring substituents is 1. The number of para-hydroxylation sites is 1. The highest BCUT2D eigenvalue weighted by atomic mass is 32.2. The van der Waals surface area contributed by atoms with E-state index in [0.717, 1.165) is 15.4 Å². The van der Waals surface area contributed by atoms with Gasteiger partial charge in [0.05, 0.1) is 16.2 Å². The minimum Gasteiger partial charge on any atom is -0.457 e. The molecule has 0 radical (unpaired) electrons. The molecule has 0 fully saturated rings. The smallest absolute Gasteiger partial charge is 0.340 e. The zero-order valence-corrected chi connectivity index (χ0v) is 16.8. The van der Waals surface area contributed by atoms with Gasteiger partial charge in [0.1, 0.15) is 6.61 Å². The Morgan fingerprint density at radius 1 is 0.967 bits per heavy atom. The molecule has 0 spiro atoms. The highest BCUT2D eigenvalue weighted by molar-refractivity contribution is 7.99. The number of esters is 1. The number of hydrogen-bond acceptors (Lipinski definition) is 6. The van der Waals surface area contributed by atoms with Crippen LogP contribution in [0.15, 0.2) is 82.6 Å². The molecule has 152 valence electrons. The number of nitrogens with one attached hydrogen (secondary N) is 1. The van der Waals surface area contributed by atoms with Gasteiger partial charge in [0, 0.05) is 28.8 Å². The average Bonchev–Trinajstić information content (AvgIpc) is 2.73. The van der Waals surface area contributed by atoms with Gasteiger partial charge in [0.2, 0.25) is 5.91 Å². The second kappa shape index (κ2) is 9.71. The Morgan fingerprint density at radius 3 is 2.17 bits per heavy atom. The standard InChI is InChI=1S/C22H18N2O5S/c1-15(25)23-21-5-3-2-4-20(21)22(26)29-14-16-6-10-18(11-7-16)30-19-12-8-17(9-13-19)24(27)28/h2-13H,14H2,1H3,(H,23,25). The van der Waals surface area contributed by atoms with Gasteiger partial charge in [0.15, 0.2) is 0 Å². The van der Waals surface area contributed by atoms with Gasteiger partial charge < -0.3 is 10.1 Å². The Morgan fingerprint density at radius 2 is 1.57 bits per heavy atom. The minimum atomic E-state index is -0.524. The zero-order chi connectivity index (χ0) is 21.5. The van der Waals surface area contributed by atoms with Crippen molar-refractivity contribution < 1.29 is 19.2 Å². The quantitative estimate of drug-likeness (QED) is 0.325. The first-order valence-corrected chi connectivity index (χ1v) is 9.79. The normalized spacial score (nSPS) is 10.3. The Hall–Kier alpha value is -3.65. The van der Waals surface area contributed by atoms with Gasteiger partial charge in [-0.25, -0.2) is 4.79 Å². The summed E-state index contributed by atoms with van der Waals surface area (Å²) in [5.74, 6) is -0.792. The van der Waals surface area contributed by atoms with Gasteiger partial charge in [-0.05, 0) is 42.0 Å². The van der Waals surface area contributed by atoms with Crippen molar-refractivity contribution in [1.29, 1.82) is 0 Å². The van der Waals surface area contributed by atoms with Crippen molar-refractivity contribution in [2.75, 3.05) is 5.32 Å². The van der Waals surface area contributed by atoms with Crippen LogP contribution in [0.1, 0.15) is 22.8 Å². The predicted octanol–water partition coefficient (Wildman–Crippen LogP) is 5.06. The van der Waals surface area contributed by atoms with Crippen molar-refractivity contribution in [3.63, 3.8) is 0 Å². The van der Waals surface area contributed by atoms with E-state index in [-0.39, 0.29) is 23.8 Å². The van der Waals surface area contributed by atoms with Crippen LogP contribution >= 0.6 is 11.8 Å². The lowest BCUT2D eigenvalue weighted by molar-refractivity contribution is -0.384. The van der Waals surface area contributed by atoms with Gasteiger partial charge >= 0.3 is 5.97 Å². The number of anilines is 1. The number of hydrogen-bond donors (Lipinski definition) is 1. The summed E-state index contributed by atoms with van der Waals surface area (Å²) in [6.07, 6.45) is 0. The van der Waals surface area contributed by atoms with Crippen LogP contribution in [0.25, 0.3) is 0 Å². The molecule has 3 aromatic rings. The maximum Gasteiger partial charge on any atom is 0.340 e. The number of ether oxygens (including phenoxy) is 1. The van der Waals surface area contributed by atoms with Crippen molar-refractivity contribution in [3.8, 4) is 0 Å². The highest BCUT2D eigenvalue weighted by Gasteiger charge is 2.13. The summed E-state index contributed by atoms with van der Waals surface area (Å²) < 4.78 is 5.37. The number of benzene rings is 3. The maximum absolute atomic E-state index is 12.4. The Bertz CT molecular complexity index is 1070. The third kappa shape index (κ3) is 5.68. The van der Waals surface area contributed by atoms with E-state index in [1.54, 1.807) is 36.4 Å². The molecule has 0 saturated carbocycles. The van der Waals surface area contributed by atoms with E-state index >= 15 is 0 Å². The largest absolute Gasteiger partial charge is 0.457 e. The molecule has 3 rings (SSSR count). The van der Waals surface area contributed by atoms with Gasteiger partial charge in [-0.3, -0.25) is 14.9 Å². The highest BCUT2D eigenvalue weighted by Crippen LogP contribution is 2.29. The summed E-state index contributed by atoms with van der Waals surface area (Å²) in [6.45, 7) is 1.47. The van der Waals surface area contributed by atoms with Crippen LogP contribution in [0.4, 0.5) is 11.4 Å². The van der Waals surface area contributed by atoms with Crippen LogP contribution < -0.4 is 5.32 Å². The summed E-state index contributed by atoms with van der Waals surface area (Å²) >= 11 is 1.48. The molecule has 8 heteroatoms. The first-order chi connectivity index (χ1) is 14.4. The molecule has 0 aromatic heterocycles. The molecule has 0 heterocycles. The Labute approximate surface area is 177 Å². The number of carbonyl (C=O) groups excluding carboxylic acids is 2. The molecule has 0 bridgehead atoms. The average molecular weight is 422 g/mol. The summed E-state index contributed by atoms with van der Waals surface area (Å²) in [7, 11) is 0. The molecule has 30 heavy (non-hydrogen) atoms. The molecule has 0 aliphatic rings. The molecule has 0 aliphatic carbocycles. The van der Waals surface area contributed by atoms with Crippen molar-refractivity contribution in [2.24, 2.45) is 0 Å². The van der Waals surface area contributed by atoms with E-state index in [1.165, 1.54) is 30.8 Å². The zero-order valence-electron chi connectivity index (χ0n) is 16.0. The summed E-state index contributed by atoms with van der Waals surface area (Å²) in [5, 5.41) is 13.3. The minimum absolute atomic E-state index is 0.0524. The third-order valence-corrected chi connectivity index (χ3v) is 5.05. The van der Waals surface area contributed by atoms with E-state index in [4.69, 9.17) is 4.74 Å². The lowest BCUT2D eigenvalue weighted by atomic mass is 10.1. The second-order valence-corrected chi connectivity index (χ2v) is 7.45. The first-order valence-electron chi connectivity index (χ1n) is 8.97. The topological polar surface area (TPSA) is 98.5 Å². The molecule has 1 N–H and O–H groups in total. The van der Waals surface area contributed by atoms with Crippen LogP contribution in [0, 0.1) is 10.1 Å². The fourth-order valence-electron chi connectivity index (χ4n) is 2.61. The molecule has 0 saturated heterocycles. The number of carbonyl (C=O) groups is 2. The number of rotatable bonds is 7. The van der Waals surface area contributed by atoms with E-state index in [1.807, 2.05) is 24.3 Å². The number of non-ortho nitro benzene ring substituents is 1. The predicted molar refractivity (Wildman–Crippen MR) is 114 cm³/mol. The van der Waals surface area contributed by atoms with E-state index in [0.29, 0.717) is 5.69 Å². The number of amides is 1. The second-order valence-electron chi connectivity index (χ2n) is 6.30. The van der Waals surface area contributed by atoms with Crippen molar-refractivity contribution in [3.05, 3.63) is 94.0 Å². The molecule has 0 atom stereocenters. The van der Waals surface area contributed by atoms with Gasteiger partial charge in [-0.15, -0.1) is 0 Å². The molecular formula is C22H18N2O5S. The fourth-order valence-corrected chi connectivity index (χ4v) is 3.43. The van der Waals surface area contributed by atoms with Crippen molar-refractivity contribution in [1.82, 2.24) is 0 Å². The van der Waals surface area contributed by atoms with Crippen LogP contribution in [0.5, 0.6) is 0 Å². The molecular weight excluding hydrogens is 404 g/mol. The third-order valence-electron chi connectivity index (χ3n) is 4.03. The van der Waals surface area contributed by atoms with Crippen LogP contribution in [0.3, 0.4) is 0 Å². The fraction of sp³-hybridized carbons (Fsp3) is 0.0909. The van der Waals surface area contributed by atoms with E-state index < -0.39 is 10.9 Å². The van der Waals surface area contributed by atoms with E-state index in [9.17, 15) is 19.7 Å². The van der Waals surface area contributed by atoms with E-state index in [2.05, 4.69) is 5.32 Å². The summed E-state index contributed by atoms with van der Waals surface area (Å²) in [4.78, 5) is 35.8. The Balaban J connectivity index is 1.59. The van der Waals surface area contributed by atoms with Crippen LogP contribution in [-0.2, 0) is 16.1 Å².